The minimum Gasteiger partial charge on any atom is -0.493 e. The Balaban J connectivity index is 1.07. The van der Waals surface area contributed by atoms with Crippen LogP contribution in [0.15, 0.2) is 47.3 Å². The minimum atomic E-state index is -3.11. The summed E-state index contributed by atoms with van der Waals surface area (Å²) in [5, 5.41) is 14.8. The summed E-state index contributed by atoms with van der Waals surface area (Å²) in [6.07, 6.45) is 15.7. The van der Waals surface area contributed by atoms with Crippen LogP contribution in [-0.4, -0.2) is 39.4 Å². The van der Waals surface area contributed by atoms with Crippen LogP contribution >= 0.6 is 23.2 Å². The molecule has 45 heavy (non-hydrogen) atoms. The van der Waals surface area contributed by atoms with E-state index in [4.69, 9.17) is 32.5 Å². The van der Waals surface area contributed by atoms with Gasteiger partial charge in [-0.3, -0.25) is 4.98 Å². The smallest absolute Gasteiger partial charge is 0.387 e. The number of hydrogen-bond acceptors (Lipinski definition) is 7. The largest absolute Gasteiger partial charge is 0.493 e. The third-order valence-corrected chi connectivity index (χ3v) is 10.2. The quantitative estimate of drug-likeness (QED) is 0.180. The van der Waals surface area contributed by atoms with Gasteiger partial charge in [0.25, 0.3) is 0 Å². The molecule has 4 aliphatic carbocycles. The summed E-state index contributed by atoms with van der Waals surface area (Å²) in [6.45, 7) is -2.62. The molecule has 12 heteroatoms. The normalized spacial score (nSPS) is 22.9. The molecule has 3 aromatic heterocycles. The molecule has 0 radical (unpaired) electrons. The summed E-state index contributed by atoms with van der Waals surface area (Å²) in [5.41, 5.74) is 2.13. The monoisotopic (exact) mass is 655 g/mol. The third-order valence-electron chi connectivity index (χ3n) is 9.58. The molecule has 234 valence electrons. The average molecular weight is 657 g/mol. The van der Waals surface area contributed by atoms with E-state index in [-0.39, 0.29) is 33.2 Å². The van der Waals surface area contributed by atoms with Gasteiger partial charge in [-0.05, 0) is 75.0 Å². The number of nitrogens with zero attached hydrogens (tertiary/aromatic N) is 3. The van der Waals surface area contributed by atoms with E-state index in [0.29, 0.717) is 39.6 Å². The van der Waals surface area contributed by atoms with Crippen molar-refractivity contribution in [2.45, 2.75) is 63.9 Å². The zero-order valence-corrected chi connectivity index (χ0v) is 25.6. The number of benzene rings is 1. The Hall–Kier alpha value is -3.76. The van der Waals surface area contributed by atoms with Gasteiger partial charge in [0.15, 0.2) is 5.69 Å². The molecule has 0 atom stereocenters. The molecule has 1 aromatic carbocycles. The molecule has 4 aromatic rings. The number of rotatable bonds is 10. The van der Waals surface area contributed by atoms with Crippen LogP contribution in [0.1, 0.15) is 79.1 Å². The molecule has 0 spiro atoms. The number of pyridine rings is 2. The summed E-state index contributed by atoms with van der Waals surface area (Å²) in [4.78, 5) is 19.5. The lowest BCUT2D eigenvalue weighted by molar-refractivity contribution is -0.0489. The molecule has 3 heterocycles. The van der Waals surface area contributed by atoms with E-state index in [2.05, 4.69) is 32.0 Å². The second-order valence-electron chi connectivity index (χ2n) is 12.4. The first kappa shape index (κ1) is 29.9. The van der Waals surface area contributed by atoms with Crippen molar-refractivity contribution >= 4 is 46.2 Å². The molecule has 8 nitrogen and oxygen atoms in total. The van der Waals surface area contributed by atoms with Gasteiger partial charge in [-0.1, -0.05) is 40.5 Å². The summed E-state index contributed by atoms with van der Waals surface area (Å²) < 4.78 is 42.9. The SMILES string of the molecule is O=C(O)c1cc(OC(F)F)c2cc(OCC34CCC(C=Cc5c(-c6c(Cl)cncc6Cl)noc5C5CC5)(CC3)CC4)ccc2n1. The Kier molecular flexibility index (Phi) is 7.68. The van der Waals surface area contributed by atoms with Gasteiger partial charge in [-0.15, -0.1) is 0 Å². The van der Waals surface area contributed by atoms with Crippen LogP contribution in [0, 0.1) is 10.8 Å². The lowest BCUT2D eigenvalue weighted by Gasteiger charge is -2.52. The van der Waals surface area contributed by atoms with Crippen molar-refractivity contribution in [2.24, 2.45) is 10.8 Å². The van der Waals surface area contributed by atoms with Gasteiger partial charge < -0.3 is 19.1 Å². The van der Waals surface area contributed by atoms with E-state index in [9.17, 15) is 18.7 Å². The van der Waals surface area contributed by atoms with Crippen LogP contribution in [0.25, 0.3) is 28.2 Å². The Bertz CT molecular complexity index is 1780. The van der Waals surface area contributed by atoms with E-state index in [1.165, 1.54) is 0 Å². The molecule has 0 saturated heterocycles. The number of ether oxygens (including phenoxy) is 2. The zero-order chi connectivity index (χ0) is 31.3. The Morgan fingerprint density at radius 3 is 2.44 bits per heavy atom. The molecule has 1 N–H and O–H groups in total. The van der Waals surface area contributed by atoms with Crippen LogP contribution in [0.2, 0.25) is 10.0 Å². The van der Waals surface area contributed by atoms with Gasteiger partial charge in [0.1, 0.15) is 23.0 Å². The fourth-order valence-corrected chi connectivity index (χ4v) is 7.29. The van der Waals surface area contributed by atoms with Gasteiger partial charge in [-0.25, -0.2) is 9.78 Å². The fraction of sp³-hybridized carbons (Fsp3) is 0.394. The van der Waals surface area contributed by atoms with Gasteiger partial charge in [0.05, 0.1) is 22.2 Å². The van der Waals surface area contributed by atoms with Gasteiger partial charge in [0, 0.05) is 46.3 Å². The van der Waals surface area contributed by atoms with E-state index >= 15 is 0 Å². The number of aromatic carboxylic acids is 1. The van der Waals surface area contributed by atoms with Gasteiger partial charge >= 0.3 is 12.6 Å². The van der Waals surface area contributed by atoms with Crippen molar-refractivity contribution in [1.82, 2.24) is 15.1 Å². The summed E-state index contributed by atoms with van der Waals surface area (Å²) in [7, 11) is 0. The average Bonchev–Trinajstić information content (AvgIpc) is 3.79. The summed E-state index contributed by atoms with van der Waals surface area (Å²) in [6, 6.07) is 5.82. The number of hydrogen-bond donors (Lipinski definition) is 1. The number of aromatic nitrogens is 3. The number of alkyl halides is 2. The van der Waals surface area contributed by atoms with Crippen molar-refractivity contribution in [2.75, 3.05) is 6.61 Å². The number of allylic oxidation sites excluding steroid dienone is 1. The molecule has 4 aliphatic rings. The Morgan fingerprint density at radius 1 is 1.09 bits per heavy atom. The highest BCUT2D eigenvalue weighted by atomic mass is 35.5. The zero-order valence-electron chi connectivity index (χ0n) is 24.1. The van der Waals surface area contributed by atoms with E-state index < -0.39 is 12.6 Å². The number of carbonyl (C=O) groups is 1. The van der Waals surface area contributed by atoms with Crippen molar-refractivity contribution in [3.8, 4) is 22.8 Å². The molecular formula is C33H29Cl2F2N3O5. The first-order valence-electron chi connectivity index (χ1n) is 14.9. The summed E-state index contributed by atoms with van der Waals surface area (Å²) >= 11 is 13.0. The van der Waals surface area contributed by atoms with Crippen LogP contribution in [-0.2, 0) is 0 Å². The second kappa shape index (κ2) is 11.6. The first-order chi connectivity index (χ1) is 21.6. The Morgan fingerprint density at radius 2 is 1.80 bits per heavy atom. The van der Waals surface area contributed by atoms with Gasteiger partial charge in [-0.2, -0.15) is 8.78 Å². The fourth-order valence-electron chi connectivity index (χ4n) is 6.75. The highest BCUT2D eigenvalue weighted by Gasteiger charge is 2.48. The van der Waals surface area contributed by atoms with Crippen molar-refractivity contribution < 1.29 is 32.7 Å². The lowest BCUT2D eigenvalue weighted by atomic mass is 9.54. The maximum atomic E-state index is 13.1. The predicted molar refractivity (Wildman–Crippen MR) is 164 cm³/mol. The molecule has 0 unspecified atom stereocenters. The van der Waals surface area contributed by atoms with Crippen LogP contribution < -0.4 is 9.47 Å². The number of carboxylic acids is 1. The molecule has 2 bridgehead atoms. The lowest BCUT2D eigenvalue weighted by Crippen LogP contribution is -2.43. The van der Waals surface area contributed by atoms with Crippen molar-refractivity contribution in [1.29, 1.82) is 0 Å². The molecule has 0 amide bonds. The second-order valence-corrected chi connectivity index (χ2v) is 13.2. The predicted octanol–water partition coefficient (Wildman–Crippen LogP) is 9.20. The Labute approximate surface area is 267 Å². The number of halogens is 4. The van der Waals surface area contributed by atoms with E-state index in [1.54, 1.807) is 30.6 Å². The molecular weight excluding hydrogens is 627 g/mol. The number of carboxylic acid groups (broad SMARTS) is 1. The topological polar surface area (TPSA) is 108 Å². The van der Waals surface area contributed by atoms with E-state index in [0.717, 1.165) is 68.8 Å². The van der Waals surface area contributed by atoms with Gasteiger partial charge in [0.2, 0.25) is 0 Å². The standard InChI is InChI=1S/C33H29Cl2F2N3O5/c34-22-15-38-16-23(35)27(22)28-20(29(45-40-28)18-1-2-18)5-6-32-7-10-33(11-8-32,12-9-32)17-43-19-3-4-24-21(13-19)26(44-31(36)37)14-25(39-24)30(41)42/h3-6,13-16,18,31H,1-2,7-12,17H2,(H,41,42). The maximum absolute atomic E-state index is 13.1. The maximum Gasteiger partial charge on any atom is 0.387 e. The van der Waals surface area contributed by atoms with E-state index in [1.807, 2.05) is 0 Å². The third kappa shape index (κ3) is 5.86. The van der Waals surface area contributed by atoms with Crippen molar-refractivity contribution in [3.05, 3.63) is 69.8 Å². The first-order valence-corrected chi connectivity index (χ1v) is 15.6. The van der Waals surface area contributed by atoms with Crippen LogP contribution in [0.3, 0.4) is 0 Å². The highest BCUT2D eigenvalue weighted by Crippen LogP contribution is 2.58. The molecule has 8 rings (SSSR count). The van der Waals surface area contributed by atoms with Crippen LogP contribution in [0.5, 0.6) is 11.5 Å². The molecule has 4 fully saturated rings. The highest BCUT2D eigenvalue weighted by molar-refractivity contribution is 6.39. The molecule has 4 saturated carbocycles. The summed E-state index contributed by atoms with van der Waals surface area (Å²) in [5.74, 6) is 0.140. The number of fused-ring (bicyclic) bond motifs is 4. The van der Waals surface area contributed by atoms with Crippen LogP contribution in [0.4, 0.5) is 8.78 Å². The minimum absolute atomic E-state index is 0.0118. The van der Waals surface area contributed by atoms with Crippen molar-refractivity contribution in [3.63, 3.8) is 0 Å². The molecule has 0 aliphatic heterocycles.